The van der Waals surface area contributed by atoms with Gasteiger partial charge in [-0.15, -0.1) is 0 Å². The highest BCUT2D eigenvalue weighted by Crippen LogP contribution is 2.34. The summed E-state index contributed by atoms with van der Waals surface area (Å²) >= 11 is 0. The van der Waals surface area contributed by atoms with Gasteiger partial charge in [0.25, 0.3) is 5.91 Å². The van der Waals surface area contributed by atoms with Crippen LogP contribution in [-0.2, 0) is 0 Å². The Kier molecular flexibility index (Phi) is 4.79. The second-order valence-electron chi connectivity index (χ2n) is 5.78. The molecule has 1 saturated heterocycles. The molecular formula is C19H19F2NO2. The highest BCUT2D eigenvalue weighted by Gasteiger charge is 2.31. The molecule has 1 heterocycles. The first-order chi connectivity index (χ1) is 11.6. The summed E-state index contributed by atoms with van der Waals surface area (Å²) in [6.07, 6.45) is 1.68. The Labute approximate surface area is 139 Å². The molecule has 0 aromatic heterocycles. The van der Waals surface area contributed by atoms with E-state index in [0.717, 1.165) is 36.3 Å². The Bertz CT molecular complexity index is 731. The molecule has 0 spiro atoms. The zero-order valence-corrected chi connectivity index (χ0v) is 13.5. The van der Waals surface area contributed by atoms with Gasteiger partial charge in [0.1, 0.15) is 17.4 Å². The molecule has 0 bridgehead atoms. The number of rotatable bonds is 4. The average molecular weight is 331 g/mol. The lowest BCUT2D eigenvalue weighted by Gasteiger charge is -2.25. The van der Waals surface area contributed by atoms with E-state index in [9.17, 15) is 13.6 Å². The fourth-order valence-corrected chi connectivity index (χ4v) is 3.13. The largest absolute Gasteiger partial charge is 0.494 e. The maximum Gasteiger partial charge on any atom is 0.257 e. The van der Waals surface area contributed by atoms with E-state index in [1.54, 1.807) is 4.90 Å². The summed E-state index contributed by atoms with van der Waals surface area (Å²) in [5.74, 6) is -1.13. The van der Waals surface area contributed by atoms with E-state index >= 15 is 0 Å². The number of ether oxygens (including phenoxy) is 1. The number of carbonyl (C=O) groups excluding carboxylic acids is 1. The van der Waals surface area contributed by atoms with Crippen LogP contribution >= 0.6 is 0 Å². The standard InChI is InChI=1S/C19H19F2NO2/c1-2-24-15-8-5-13(6-9-15)18-4-3-11-22(18)19(23)16-10-7-14(20)12-17(16)21/h5-10,12,18H,2-4,11H2,1H3. The lowest BCUT2D eigenvalue weighted by atomic mass is 10.0. The van der Waals surface area contributed by atoms with Crippen molar-refractivity contribution in [1.29, 1.82) is 0 Å². The van der Waals surface area contributed by atoms with Crippen LogP contribution in [0, 0.1) is 11.6 Å². The van der Waals surface area contributed by atoms with E-state index in [1.165, 1.54) is 6.07 Å². The minimum Gasteiger partial charge on any atom is -0.494 e. The molecule has 126 valence electrons. The van der Waals surface area contributed by atoms with E-state index in [-0.39, 0.29) is 11.6 Å². The maximum atomic E-state index is 13.9. The zero-order chi connectivity index (χ0) is 17.1. The Morgan fingerprint density at radius 2 is 1.96 bits per heavy atom. The number of halogens is 2. The van der Waals surface area contributed by atoms with E-state index in [4.69, 9.17) is 4.74 Å². The fourth-order valence-electron chi connectivity index (χ4n) is 3.13. The molecule has 1 atom stereocenters. The Hall–Kier alpha value is -2.43. The first-order valence-electron chi connectivity index (χ1n) is 8.09. The predicted molar refractivity (Wildman–Crippen MR) is 87.0 cm³/mol. The number of hydrogen-bond donors (Lipinski definition) is 0. The molecule has 1 aliphatic heterocycles. The van der Waals surface area contributed by atoms with Crippen molar-refractivity contribution in [2.24, 2.45) is 0 Å². The summed E-state index contributed by atoms with van der Waals surface area (Å²) in [7, 11) is 0. The van der Waals surface area contributed by atoms with E-state index in [2.05, 4.69) is 0 Å². The smallest absolute Gasteiger partial charge is 0.257 e. The number of benzene rings is 2. The van der Waals surface area contributed by atoms with Crippen LogP contribution in [0.25, 0.3) is 0 Å². The predicted octanol–water partition coefficient (Wildman–Crippen LogP) is 4.34. The van der Waals surface area contributed by atoms with Gasteiger partial charge in [-0.25, -0.2) is 8.78 Å². The Balaban J connectivity index is 1.83. The van der Waals surface area contributed by atoms with Gasteiger partial charge in [0, 0.05) is 12.6 Å². The van der Waals surface area contributed by atoms with Gasteiger partial charge in [0.05, 0.1) is 18.2 Å². The second kappa shape index (κ2) is 6.99. The van der Waals surface area contributed by atoms with Gasteiger partial charge in [-0.1, -0.05) is 12.1 Å². The molecule has 24 heavy (non-hydrogen) atoms. The molecule has 3 nitrogen and oxygen atoms in total. The van der Waals surface area contributed by atoms with Gasteiger partial charge in [0.2, 0.25) is 0 Å². The first kappa shape index (κ1) is 16.4. The fraction of sp³-hybridized carbons (Fsp3) is 0.316. The van der Waals surface area contributed by atoms with Crippen LogP contribution in [0.3, 0.4) is 0 Å². The van der Waals surface area contributed by atoms with Gasteiger partial charge >= 0.3 is 0 Å². The van der Waals surface area contributed by atoms with E-state index in [1.807, 2.05) is 31.2 Å². The van der Waals surface area contributed by atoms with Crippen molar-refractivity contribution in [2.45, 2.75) is 25.8 Å². The highest BCUT2D eigenvalue weighted by atomic mass is 19.1. The molecular weight excluding hydrogens is 312 g/mol. The van der Waals surface area contributed by atoms with Crippen LogP contribution in [0.4, 0.5) is 8.78 Å². The number of carbonyl (C=O) groups is 1. The van der Waals surface area contributed by atoms with Crippen LogP contribution in [0.2, 0.25) is 0 Å². The molecule has 1 amide bonds. The third-order valence-electron chi connectivity index (χ3n) is 4.25. The topological polar surface area (TPSA) is 29.5 Å². The van der Waals surface area contributed by atoms with E-state index < -0.39 is 17.5 Å². The van der Waals surface area contributed by atoms with Gasteiger partial charge in [-0.2, -0.15) is 0 Å². The normalized spacial score (nSPS) is 17.1. The third-order valence-corrected chi connectivity index (χ3v) is 4.25. The second-order valence-corrected chi connectivity index (χ2v) is 5.78. The van der Waals surface area contributed by atoms with Crippen LogP contribution in [0.15, 0.2) is 42.5 Å². The lowest BCUT2D eigenvalue weighted by Crippen LogP contribution is -2.31. The minimum absolute atomic E-state index is 0.0887. The molecule has 0 radical (unpaired) electrons. The minimum atomic E-state index is -0.822. The van der Waals surface area contributed by atoms with Crippen LogP contribution < -0.4 is 4.74 Å². The zero-order valence-electron chi connectivity index (χ0n) is 13.5. The van der Waals surface area contributed by atoms with Crippen molar-refractivity contribution in [1.82, 2.24) is 4.90 Å². The van der Waals surface area contributed by atoms with Crippen LogP contribution in [-0.4, -0.2) is 24.0 Å². The van der Waals surface area contributed by atoms with Gasteiger partial charge in [-0.3, -0.25) is 4.79 Å². The third kappa shape index (κ3) is 3.25. The van der Waals surface area contributed by atoms with Crippen molar-refractivity contribution >= 4 is 5.91 Å². The lowest BCUT2D eigenvalue weighted by molar-refractivity contribution is 0.0731. The average Bonchev–Trinajstić information content (AvgIpc) is 3.05. The summed E-state index contributed by atoms with van der Waals surface area (Å²) in [4.78, 5) is 14.3. The molecule has 5 heteroatoms. The molecule has 0 saturated carbocycles. The van der Waals surface area contributed by atoms with Crippen molar-refractivity contribution in [3.05, 3.63) is 65.2 Å². The molecule has 1 fully saturated rings. The molecule has 2 aromatic rings. The Morgan fingerprint density at radius 3 is 2.62 bits per heavy atom. The quantitative estimate of drug-likeness (QED) is 0.834. The summed E-state index contributed by atoms with van der Waals surface area (Å²) in [6.45, 7) is 3.08. The summed E-state index contributed by atoms with van der Waals surface area (Å²) in [5.41, 5.74) is 0.904. The van der Waals surface area contributed by atoms with Crippen molar-refractivity contribution < 1.29 is 18.3 Å². The van der Waals surface area contributed by atoms with Crippen molar-refractivity contribution in [3.63, 3.8) is 0 Å². The number of nitrogens with zero attached hydrogens (tertiary/aromatic N) is 1. The molecule has 0 N–H and O–H groups in total. The van der Waals surface area contributed by atoms with Crippen molar-refractivity contribution in [3.8, 4) is 5.75 Å². The van der Waals surface area contributed by atoms with Gasteiger partial charge in [0.15, 0.2) is 0 Å². The molecule has 0 aliphatic carbocycles. The molecule has 2 aromatic carbocycles. The van der Waals surface area contributed by atoms with Gasteiger partial charge in [-0.05, 0) is 49.6 Å². The number of hydrogen-bond acceptors (Lipinski definition) is 2. The van der Waals surface area contributed by atoms with Crippen LogP contribution in [0.5, 0.6) is 5.75 Å². The van der Waals surface area contributed by atoms with E-state index in [0.29, 0.717) is 13.2 Å². The molecule has 1 aliphatic rings. The SMILES string of the molecule is CCOc1ccc(C2CCCN2C(=O)c2ccc(F)cc2F)cc1. The van der Waals surface area contributed by atoms with Gasteiger partial charge < -0.3 is 9.64 Å². The molecule has 1 unspecified atom stereocenters. The van der Waals surface area contributed by atoms with Crippen molar-refractivity contribution in [2.75, 3.05) is 13.2 Å². The Morgan fingerprint density at radius 1 is 1.21 bits per heavy atom. The number of likely N-dealkylation sites (tertiary alicyclic amines) is 1. The first-order valence-corrected chi connectivity index (χ1v) is 8.09. The summed E-state index contributed by atoms with van der Waals surface area (Å²) < 4.78 is 32.4. The maximum absolute atomic E-state index is 13.9. The summed E-state index contributed by atoms with van der Waals surface area (Å²) in [6, 6.07) is 10.6. The highest BCUT2D eigenvalue weighted by molar-refractivity contribution is 5.95. The molecule has 3 rings (SSSR count). The number of amides is 1. The van der Waals surface area contributed by atoms with Crippen LogP contribution in [0.1, 0.15) is 41.7 Å². The summed E-state index contributed by atoms with van der Waals surface area (Å²) in [5, 5.41) is 0. The monoisotopic (exact) mass is 331 g/mol.